The highest BCUT2D eigenvalue weighted by atomic mass is 16.2. The van der Waals surface area contributed by atoms with E-state index in [-0.39, 0.29) is 18.4 Å². The zero-order valence-electron chi connectivity index (χ0n) is 11.7. The molecule has 0 radical (unpaired) electrons. The minimum atomic E-state index is -0.602. The molecule has 1 aliphatic rings. The minimum absolute atomic E-state index is 0.249. The smallest absolute Gasteiger partial charge is 0.332 e. The molecule has 20 heavy (non-hydrogen) atoms. The minimum Gasteiger partial charge on any atom is -0.358 e. The number of benzene rings is 1. The first-order valence-electron chi connectivity index (χ1n) is 6.37. The van der Waals surface area contributed by atoms with Gasteiger partial charge in [-0.1, -0.05) is 17.7 Å². The molecule has 0 aliphatic carbocycles. The largest absolute Gasteiger partial charge is 0.358 e. The standard InChI is InChI=1S/C14H17N3O3/c1-9-4-6-11(7-5-9)17-10(2)13(19)16(14(17)20)8-12(18)15-3/h4-7,10H,8H2,1-3H3,(H,15,18)/t10-/m0/s1. The Labute approximate surface area is 117 Å². The van der Waals surface area contributed by atoms with E-state index in [0.717, 1.165) is 10.5 Å². The molecule has 1 aromatic rings. The summed E-state index contributed by atoms with van der Waals surface area (Å²) in [6.45, 7) is 3.35. The lowest BCUT2D eigenvalue weighted by atomic mass is 10.2. The number of nitrogens with zero attached hydrogens (tertiary/aromatic N) is 2. The molecule has 1 fully saturated rings. The number of urea groups is 1. The van der Waals surface area contributed by atoms with Gasteiger partial charge in [-0.25, -0.2) is 4.79 Å². The van der Waals surface area contributed by atoms with Crippen LogP contribution in [0, 0.1) is 6.92 Å². The molecule has 1 saturated heterocycles. The number of aryl methyl sites for hydroxylation is 1. The molecule has 4 amide bonds. The van der Waals surface area contributed by atoms with Crippen LogP contribution in [0.1, 0.15) is 12.5 Å². The summed E-state index contributed by atoms with van der Waals surface area (Å²) in [6.07, 6.45) is 0. The molecule has 0 bridgehead atoms. The van der Waals surface area contributed by atoms with Crippen molar-refractivity contribution in [2.75, 3.05) is 18.5 Å². The van der Waals surface area contributed by atoms with E-state index < -0.39 is 12.1 Å². The Balaban J connectivity index is 2.27. The van der Waals surface area contributed by atoms with E-state index >= 15 is 0 Å². The van der Waals surface area contributed by atoms with Crippen molar-refractivity contribution in [2.45, 2.75) is 19.9 Å². The SMILES string of the molecule is CNC(=O)CN1C(=O)[C@H](C)N(c2ccc(C)cc2)C1=O. The number of carbonyl (C=O) groups is 3. The van der Waals surface area contributed by atoms with E-state index in [1.807, 2.05) is 19.1 Å². The Bertz CT molecular complexity index is 553. The van der Waals surface area contributed by atoms with Crippen LogP contribution < -0.4 is 10.2 Å². The van der Waals surface area contributed by atoms with E-state index in [9.17, 15) is 14.4 Å². The lowest BCUT2D eigenvalue weighted by Crippen LogP contribution is -2.40. The van der Waals surface area contributed by atoms with Crippen LogP contribution in [0.2, 0.25) is 0 Å². The third-order valence-corrected chi connectivity index (χ3v) is 3.34. The van der Waals surface area contributed by atoms with Crippen molar-refractivity contribution >= 4 is 23.5 Å². The predicted molar refractivity (Wildman–Crippen MR) is 74.3 cm³/mol. The van der Waals surface area contributed by atoms with Gasteiger partial charge in [0.15, 0.2) is 0 Å². The fourth-order valence-electron chi connectivity index (χ4n) is 2.13. The summed E-state index contributed by atoms with van der Waals surface area (Å²) in [5.41, 5.74) is 1.72. The number of hydrogen-bond donors (Lipinski definition) is 1. The Morgan fingerprint density at radius 1 is 1.25 bits per heavy atom. The van der Waals surface area contributed by atoms with Crippen LogP contribution in [0.25, 0.3) is 0 Å². The molecule has 1 aliphatic heterocycles. The fourth-order valence-corrected chi connectivity index (χ4v) is 2.13. The summed E-state index contributed by atoms with van der Waals surface area (Å²) in [4.78, 5) is 38.2. The van der Waals surface area contributed by atoms with Crippen molar-refractivity contribution < 1.29 is 14.4 Å². The van der Waals surface area contributed by atoms with Gasteiger partial charge in [0, 0.05) is 12.7 Å². The fraction of sp³-hybridized carbons (Fsp3) is 0.357. The van der Waals surface area contributed by atoms with Gasteiger partial charge in [0.1, 0.15) is 12.6 Å². The van der Waals surface area contributed by atoms with Gasteiger partial charge in [-0.15, -0.1) is 0 Å². The van der Waals surface area contributed by atoms with Gasteiger partial charge in [-0.05, 0) is 26.0 Å². The second kappa shape index (κ2) is 5.32. The molecule has 0 unspecified atom stereocenters. The highest BCUT2D eigenvalue weighted by Crippen LogP contribution is 2.25. The topological polar surface area (TPSA) is 69.7 Å². The first kappa shape index (κ1) is 14.0. The molecule has 1 N–H and O–H groups in total. The molecule has 0 aromatic heterocycles. The van der Waals surface area contributed by atoms with E-state index in [1.165, 1.54) is 11.9 Å². The maximum absolute atomic E-state index is 12.3. The van der Waals surface area contributed by atoms with Crippen molar-refractivity contribution in [1.29, 1.82) is 0 Å². The Hall–Kier alpha value is -2.37. The molecule has 1 atom stereocenters. The maximum atomic E-state index is 12.3. The van der Waals surface area contributed by atoms with Crippen LogP contribution in [0.15, 0.2) is 24.3 Å². The van der Waals surface area contributed by atoms with Crippen molar-refractivity contribution in [3.05, 3.63) is 29.8 Å². The second-order valence-electron chi connectivity index (χ2n) is 4.76. The van der Waals surface area contributed by atoms with Crippen LogP contribution in [-0.4, -0.2) is 42.4 Å². The highest BCUT2D eigenvalue weighted by molar-refractivity contribution is 6.15. The average molecular weight is 275 g/mol. The van der Waals surface area contributed by atoms with Crippen LogP contribution >= 0.6 is 0 Å². The predicted octanol–water partition coefficient (Wildman–Crippen LogP) is 0.898. The van der Waals surface area contributed by atoms with Gasteiger partial charge in [-0.3, -0.25) is 19.4 Å². The number of nitrogens with one attached hydrogen (secondary N) is 1. The van der Waals surface area contributed by atoms with Crippen molar-refractivity contribution in [2.24, 2.45) is 0 Å². The van der Waals surface area contributed by atoms with Gasteiger partial charge in [0.2, 0.25) is 5.91 Å². The van der Waals surface area contributed by atoms with Gasteiger partial charge in [0.25, 0.3) is 5.91 Å². The average Bonchev–Trinajstić information content (AvgIpc) is 2.64. The van der Waals surface area contributed by atoms with Gasteiger partial charge >= 0.3 is 6.03 Å². The van der Waals surface area contributed by atoms with Crippen molar-refractivity contribution in [1.82, 2.24) is 10.2 Å². The first-order chi connectivity index (χ1) is 9.45. The Kier molecular flexibility index (Phi) is 3.74. The molecular formula is C14H17N3O3. The third-order valence-electron chi connectivity index (χ3n) is 3.34. The number of rotatable bonds is 3. The van der Waals surface area contributed by atoms with Gasteiger partial charge in [0.05, 0.1) is 0 Å². The van der Waals surface area contributed by atoms with E-state index in [0.29, 0.717) is 5.69 Å². The van der Waals surface area contributed by atoms with Crippen molar-refractivity contribution in [3.63, 3.8) is 0 Å². The second-order valence-corrected chi connectivity index (χ2v) is 4.76. The molecule has 1 heterocycles. The van der Waals surface area contributed by atoms with E-state index in [1.54, 1.807) is 19.1 Å². The number of likely N-dealkylation sites (N-methyl/N-ethyl adjacent to an activating group) is 1. The zero-order valence-corrected chi connectivity index (χ0v) is 11.7. The van der Waals surface area contributed by atoms with Crippen molar-refractivity contribution in [3.8, 4) is 0 Å². The monoisotopic (exact) mass is 275 g/mol. The van der Waals surface area contributed by atoms with E-state index in [4.69, 9.17) is 0 Å². The molecule has 0 saturated carbocycles. The van der Waals surface area contributed by atoms with Gasteiger partial charge < -0.3 is 5.32 Å². The number of anilines is 1. The molecule has 0 spiro atoms. The normalized spacial score (nSPS) is 18.6. The summed E-state index contributed by atoms with van der Waals surface area (Å²) in [7, 11) is 1.47. The molecule has 6 heteroatoms. The summed E-state index contributed by atoms with van der Waals surface area (Å²) < 4.78 is 0. The number of hydrogen-bond acceptors (Lipinski definition) is 3. The number of imide groups is 1. The van der Waals surface area contributed by atoms with Crippen LogP contribution in [-0.2, 0) is 9.59 Å². The van der Waals surface area contributed by atoms with Crippen LogP contribution in [0.5, 0.6) is 0 Å². The first-order valence-corrected chi connectivity index (χ1v) is 6.37. The third kappa shape index (κ3) is 2.36. The molecule has 2 rings (SSSR count). The molecule has 1 aromatic carbocycles. The lowest BCUT2D eigenvalue weighted by molar-refractivity contribution is -0.131. The Morgan fingerprint density at radius 3 is 2.40 bits per heavy atom. The highest BCUT2D eigenvalue weighted by Gasteiger charge is 2.43. The summed E-state index contributed by atoms with van der Waals surface area (Å²) in [5, 5.41) is 2.41. The van der Waals surface area contributed by atoms with E-state index in [2.05, 4.69) is 5.32 Å². The zero-order chi connectivity index (χ0) is 14.9. The maximum Gasteiger partial charge on any atom is 0.332 e. The molecule has 6 nitrogen and oxygen atoms in total. The van der Waals surface area contributed by atoms with Crippen LogP contribution in [0.4, 0.5) is 10.5 Å². The number of amides is 4. The summed E-state index contributed by atoms with van der Waals surface area (Å²) in [6, 6.07) is 6.27. The lowest BCUT2D eigenvalue weighted by Gasteiger charge is -2.19. The van der Waals surface area contributed by atoms with Crippen LogP contribution in [0.3, 0.4) is 0 Å². The quantitative estimate of drug-likeness (QED) is 0.833. The summed E-state index contributed by atoms with van der Waals surface area (Å²) in [5.74, 6) is -0.733. The molecule has 106 valence electrons. The van der Waals surface area contributed by atoms with Gasteiger partial charge in [-0.2, -0.15) is 0 Å². The Morgan fingerprint density at radius 2 is 1.85 bits per heavy atom. The number of carbonyl (C=O) groups excluding carboxylic acids is 3. The molecular weight excluding hydrogens is 258 g/mol. The summed E-state index contributed by atoms with van der Waals surface area (Å²) >= 11 is 0.